The maximum Gasteiger partial charge on any atom is 0.251 e. The van der Waals surface area contributed by atoms with E-state index in [9.17, 15) is 9.59 Å². The smallest absolute Gasteiger partial charge is 0.251 e. The fourth-order valence-electron chi connectivity index (χ4n) is 4.22. The molecule has 0 bridgehead atoms. The Bertz CT molecular complexity index is 1140. The second-order valence-electron chi connectivity index (χ2n) is 8.33. The lowest BCUT2D eigenvalue weighted by molar-refractivity contribution is 0.0947. The van der Waals surface area contributed by atoms with Crippen LogP contribution in [0, 0.1) is 0 Å². The van der Waals surface area contributed by atoms with E-state index in [1.54, 1.807) is 0 Å². The van der Waals surface area contributed by atoms with Gasteiger partial charge in [0.1, 0.15) is 0 Å². The van der Waals surface area contributed by atoms with Gasteiger partial charge in [-0.05, 0) is 46.5 Å². The van der Waals surface area contributed by atoms with Gasteiger partial charge in [-0.2, -0.15) is 0 Å². The van der Waals surface area contributed by atoms with Gasteiger partial charge in [0.2, 0.25) is 0 Å². The van der Waals surface area contributed by atoms with E-state index >= 15 is 0 Å². The van der Waals surface area contributed by atoms with Gasteiger partial charge in [0, 0.05) is 24.2 Å². The molecule has 4 aromatic rings. The van der Waals surface area contributed by atoms with Crippen molar-refractivity contribution in [1.82, 2.24) is 10.6 Å². The van der Waals surface area contributed by atoms with E-state index in [0.717, 1.165) is 64.8 Å². The Morgan fingerprint density at radius 3 is 1.36 bits per heavy atom. The summed E-state index contributed by atoms with van der Waals surface area (Å²) < 4.78 is 0. The highest BCUT2D eigenvalue weighted by Crippen LogP contribution is 2.19. The number of fused-ring (bicyclic) bond motifs is 2. The molecule has 0 saturated heterocycles. The van der Waals surface area contributed by atoms with Crippen LogP contribution < -0.4 is 10.6 Å². The molecular formula is C29H30N2O2. The Morgan fingerprint density at radius 1 is 0.485 bits per heavy atom. The molecule has 0 aromatic heterocycles. The maximum atomic E-state index is 12.5. The normalized spacial score (nSPS) is 10.9. The number of hydrogen-bond acceptors (Lipinski definition) is 2. The van der Waals surface area contributed by atoms with E-state index in [1.165, 1.54) is 0 Å². The molecule has 0 heterocycles. The van der Waals surface area contributed by atoms with Crippen LogP contribution in [0.3, 0.4) is 0 Å². The van der Waals surface area contributed by atoms with Gasteiger partial charge in [0.25, 0.3) is 11.8 Å². The molecule has 0 aliphatic heterocycles. The zero-order valence-corrected chi connectivity index (χ0v) is 18.8. The predicted octanol–water partition coefficient (Wildman–Crippen LogP) is 6.10. The van der Waals surface area contributed by atoms with Gasteiger partial charge in [-0.15, -0.1) is 0 Å². The van der Waals surface area contributed by atoms with Gasteiger partial charge in [0.15, 0.2) is 0 Å². The number of rotatable bonds is 10. The standard InChI is InChI=1S/C29H30N2O2/c32-28(26-18-10-14-22-12-4-6-16-24(22)26)30-20-8-2-1-3-9-21-31-29(33)27-19-11-15-23-13-5-7-17-25(23)27/h4-7,10-19H,1-3,8-9,20-21H2,(H,30,32)(H,31,33). The molecule has 4 aromatic carbocycles. The summed E-state index contributed by atoms with van der Waals surface area (Å²) in [6.07, 6.45) is 5.13. The number of nitrogens with one attached hydrogen (secondary N) is 2. The Morgan fingerprint density at radius 2 is 0.879 bits per heavy atom. The topological polar surface area (TPSA) is 58.2 Å². The lowest BCUT2D eigenvalue weighted by Crippen LogP contribution is -2.25. The molecule has 0 atom stereocenters. The van der Waals surface area contributed by atoms with Crippen molar-refractivity contribution in [3.63, 3.8) is 0 Å². The monoisotopic (exact) mass is 438 g/mol. The Balaban J connectivity index is 1.11. The van der Waals surface area contributed by atoms with Crippen molar-refractivity contribution in [3.8, 4) is 0 Å². The second-order valence-corrected chi connectivity index (χ2v) is 8.33. The summed E-state index contributed by atoms with van der Waals surface area (Å²) in [6, 6.07) is 27.6. The van der Waals surface area contributed by atoms with Crippen molar-refractivity contribution in [2.75, 3.05) is 13.1 Å². The first-order chi connectivity index (χ1) is 16.2. The minimum Gasteiger partial charge on any atom is -0.352 e. The van der Waals surface area contributed by atoms with Crippen molar-refractivity contribution in [1.29, 1.82) is 0 Å². The number of hydrogen-bond donors (Lipinski definition) is 2. The van der Waals surface area contributed by atoms with Crippen molar-refractivity contribution in [2.24, 2.45) is 0 Å². The van der Waals surface area contributed by atoms with Gasteiger partial charge < -0.3 is 10.6 Å². The van der Waals surface area contributed by atoms with E-state index in [4.69, 9.17) is 0 Å². The van der Waals surface area contributed by atoms with Crippen molar-refractivity contribution in [3.05, 3.63) is 96.1 Å². The van der Waals surface area contributed by atoms with Gasteiger partial charge in [-0.25, -0.2) is 0 Å². The summed E-state index contributed by atoms with van der Waals surface area (Å²) in [5.41, 5.74) is 1.46. The first-order valence-corrected chi connectivity index (χ1v) is 11.8. The molecule has 0 radical (unpaired) electrons. The molecule has 4 rings (SSSR count). The molecule has 4 heteroatoms. The SMILES string of the molecule is O=C(NCCCCCCCNC(=O)c1cccc2ccccc12)c1cccc2ccccc12. The third-order valence-corrected chi connectivity index (χ3v) is 5.99. The third-order valence-electron chi connectivity index (χ3n) is 5.99. The number of unbranched alkanes of at least 4 members (excludes halogenated alkanes) is 4. The summed E-state index contributed by atoms with van der Waals surface area (Å²) in [4.78, 5) is 25.1. The number of carbonyl (C=O) groups is 2. The molecule has 2 amide bonds. The molecule has 0 spiro atoms. The van der Waals surface area contributed by atoms with Crippen LogP contribution in [0.2, 0.25) is 0 Å². The number of benzene rings is 4. The molecule has 0 aliphatic carbocycles. The molecule has 0 fully saturated rings. The fraction of sp³-hybridized carbons (Fsp3) is 0.241. The van der Waals surface area contributed by atoms with Crippen LogP contribution in [0.15, 0.2) is 84.9 Å². The molecule has 2 N–H and O–H groups in total. The highest BCUT2D eigenvalue weighted by molar-refractivity contribution is 6.07. The molecule has 4 nitrogen and oxygen atoms in total. The van der Waals surface area contributed by atoms with Gasteiger partial charge >= 0.3 is 0 Å². The number of amides is 2. The summed E-state index contributed by atoms with van der Waals surface area (Å²) in [7, 11) is 0. The molecule has 168 valence electrons. The van der Waals surface area contributed by atoms with E-state index in [-0.39, 0.29) is 11.8 Å². The lowest BCUT2D eigenvalue weighted by atomic mass is 10.0. The fourth-order valence-corrected chi connectivity index (χ4v) is 4.22. The average molecular weight is 439 g/mol. The second kappa shape index (κ2) is 11.3. The van der Waals surface area contributed by atoms with Crippen LogP contribution >= 0.6 is 0 Å². The summed E-state index contributed by atoms with van der Waals surface area (Å²) in [5.74, 6) is -0.0223. The van der Waals surface area contributed by atoms with E-state index in [0.29, 0.717) is 13.1 Å². The van der Waals surface area contributed by atoms with E-state index < -0.39 is 0 Å². The summed E-state index contributed by atoms with van der Waals surface area (Å²) >= 11 is 0. The Labute approximate surface area is 195 Å². The number of carbonyl (C=O) groups excluding carboxylic acids is 2. The average Bonchev–Trinajstić information content (AvgIpc) is 2.86. The Kier molecular flexibility index (Phi) is 7.70. The maximum absolute atomic E-state index is 12.5. The lowest BCUT2D eigenvalue weighted by Gasteiger charge is -2.09. The third kappa shape index (κ3) is 5.78. The van der Waals surface area contributed by atoms with Crippen LogP contribution in [0.5, 0.6) is 0 Å². The molecule has 33 heavy (non-hydrogen) atoms. The first-order valence-electron chi connectivity index (χ1n) is 11.8. The minimum absolute atomic E-state index is 0.0112. The summed E-state index contributed by atoms with van der Waals surface area (Å²) in [5, 5.41) is 10.2. The largest absolute Gasteiger partial charge is 0.352 e. The zero-order valence-electron chi connectivity index (χ0n) is 18.8. The molecular weight excluding hydrogens is 408 g/mol. The van der Waals surface area contributed by atoms with E-state index in [1.807, 2.05) is 84.9 Å². The van der Waals surface area contributed by atoms with Gasteiger partial charge in [-0.1, -0.05) is 92.1 Å². The zero-order chi connectivity index (χ0) is 22.9. The van der Waals surface area contributed by atoms with Crippen molar-refractivity contribution >= 4 is 33.4 Å². The van der Waals surface area contributed by atoms with E-state index in [2.05, 4.69) is 10.6 Å². The van der Waals surface area contributed by atoms with Gasteiger partial charge in [-0.3, -0.25) is 9.59 Å². The van der Waals surface area contributed by atoms with Crippen molar-refractivity contribution < 1.29 is 9.59 Å². The quantitative estimate of drug-likeness (QED) is 0.294. The minimum atomic E-state index is -0.0112. The summed E-state index contributed by atoms with van der Waals surface area (Å²) in [6.45, 7) is 1.36. The molecule has 0 aliphatic rings. The highest BCUT2D eigenvalue weighted by atomic mass is 16.2. The van der Waals surface area contributed by atoms with Crippen molar-refractivity contribution in [2.45, 2.75) is 32.1 Å². The van der Waals surface area contributed by atoms with Gasteiger partial charge in [0.05, 0.1) is 0 Å². The van der Waals surface area contributed by atoms with Crippen LogP contribution in [-0.4, -0.2) is 24.9 Å². The van der Waals surface area contributed by atoms with Crippen LogP contribution in [0.25, 0.3) is 21.5 Å². The first kappa shape index (κ1) is 22.5. The van der Waals surface area contributed by atoms with Crippen LogP contribution in [0.4, 0.5) is 0 Å². The Hall–Kier alpha value is -3.66. The predicted molar refractivity (Wildman–Crippen MR) is 136 cm³/mol. The molecule has 0 unspecified atom stereocenters. The molecule has 0 saturated carbocycles. The van der Waals surface area contributed by atoms with Crippen LogP contribution in [-0.2, 0) is 0 Å². The van der Waals surface area contributed by atoms with Crippen LogP contribution in [0.1, 0.15) is 52.8 Å². The highest BCUT2D eigenvalue weighted by Gasteiger charge is 2.10.